The lowest BCUT2D eigenvalue weighted by Crippen LogP contribution is -2.50. The summed E-state index contributed by atoms with van der Waals surface area (Å²) in [5, 5.41) is 11.5. The summed E-state index contributed by atoms with van der Waals surface area (Å²) in [5.41, 5.74) is 3.17. The summed E-state index contributed by atoms with van der Waals surface area (Å²) in [7, 11) is -0.710. The van der Waals surface area contributed by atoms with Gasteiger partial charge in [0.2, 0.25) is 0 Å². The number of fused-ring (bicyclic) bond motifs is 2. The van der Waals surface area contributed by atoms with Gasteiger partial charge in [0.15, 0.2) is 0 Å². The van der Waals surface area contributed by atoms with Crippen LogP contribution < -0.4 is 0 Å². The van der Waals surface area contributed by atoms with Gasteiger partial charge in [0.05, 0.1) is 5.60 Å². The zero-order valence-corrected chi connectivity index (χ0v) is 13.2. The molecular weight excluding hydrogens is 268 g/mol. The molecule has 0 spiro atoms. The van der Waals surface area contributed by atoms with Gasteiger partial charge in [-0.15, -0.1) is 0 Å². The minimum atomic E-state index is -0.710. The molecule has 2 nitrogen and oxygen atoms in total. The normalized spacial score (nSPS) is 36.9. The molecule has 2 atom stereocenters. The zero-order valence-electron chi connectivity index (χ0n) is 12.4. The maximum Gasteiger partial charge on any atom is 0.0711 e. The highest BCUT2D eigenvalue weighted by Crippen LogP contribution is 2.41. The molecule has 1 aromatic carbocycles. The van der Waals surface area contributed by atoms with Gasteiger partial charge in [0.25, 0.3) is 0 Å². The average molecular weight is 292 g/mol. The van der Waals surface area contributed by atoms with E-state index in [9.17, 15) is 9.32 Å². The quantitative estimate of drug-likeness (QED) is 0.909. The molecule has 2 saturated heterocycles. The van der Waals surface area contributed by atoms with Crippen molar-refractivity contribution >= 4 is 10.8 Å². The number of aryl methyl sites for hydroxylation is 1. The van der Waals surface area contributed by atoms with Gasteiger partial charge < -0.3 is 5.11 Å². The third-order valence-electron chi connectivity index (χ3n) is 5.16. The Labute approximate surface area is 124 Å². The van der Waals surface area contributed by atoms with Crippen LogP contribution in [-0.4, -0.2) is 25.4 Å². The van der Waals surface area contributed by atoms with Gasteiger partial charge >= 0.3 is 0 Å². The second-order valence-corrected chi connectivity index (χ2v) is 8.66. The molecule has 3 heteroatoms. The summed E-state index contributed by atoms with van der Waals surface area (Å²) in [6.07, 6.45) is 5.37. The monoisotopic (exact) mass is 292 g/mol. The average Bonchev–Trinajstić information content (AvgIpc) is 2.37. The molecule has 0 saturated carbocycles. The first-order valence-electron chi connectivity index (χ1n) is 7.65. The third kappa shape index (κ3) is 2.58. The summed E-state index contributed by atoms with van der Waals surface area (Å²) >= 11 is 0. The Morgan fingerprint density at radius 3 is 2.55 bits per heavy atom. The van der Waals surface area contributed by atoms with Crippen LogP contribution in [0.1, 0.15) is 48.8 Å². The summed E-state index contributed by atoms with van der Waals surface area (Å²) < 4.78 is 12.3. The summed E-state index contributed by atoms with van der Waals surface area (Å²) in [6.45, 7) is 4.25. The van der Waals surface area contributed by atoms with Crippen molar-refractivity contribution < 1.29 is 9.32 Å². The van der Waals surface area contributed by atoms with E-state index in [1.165, 1.54) is 23.1 Å². The Hall–Kier alpha value is -0.670. The molecule has 3 rings (SSSR count). The molecular formula is C17H24O2S. The molecule has 2 aliphatic heterocycles. The van der Waals surface area contributed by atoms with Gasteiger partial charge in [0.1, 0.15) is 0 Å². The molecule has 2 heterocycles. The van der Waals surface area contributed by atoms with Gasteiger partial charge in [-0.1, -0.05) is 24.6 Å². The first kappa shape index (κ1) is 14.3. The minimum absolute atomic E-state index is 0.220. The molecule has 1 aromatic rings. The highest BCUT2D eigenvalue weighted by atomic mass is 32.2. The van der Waals surface area contributed by atoms with Gasteiger partial charge in [0, 0.05) is 27.7 Å². The van der Waals surface area contributed by atoms with Gasteiger partial charge in [-0.05, 0) is 56.2 Å². The highest BCUT2D eigenvalue weighted by Gasteiger charge is 2.45. The van der Waals surface area contributed by atoms with E-state index in [0.717, 1.165) is 12.8 Å². The third-order valence-corrected chi connectivity index (χ3v) is 7.28. The molecule has 2 bridgehead atoms. The van der Waals surface area contributed by atoms with Crippen molar-refractivity contribution in [3.05, 3.63) is 34.9 Å². The van der Waals surface area contributed by atoms with E-state index in [1.807, 2.05) is 0 Å². The van der Waals surface area contributed by atoms with E-state index >= 15 is 0 Å². The number of benzene rings is 1. The van der Waals surface area contributed by atoms with Gasteiger partial charge in [-0.2, -0.15) is 0 Å². The van der Waals surface area contributed by atoms with Crippen LogP contribution in [0.25, 0.3) is 0 Å². The van der Waals surface area contributed by atoms with Crippen LogP contribution in [0, 0.1) is 13.8 Å². The molecule has 0 aromatic heterocycles. The maximum atomic E-state index is 12.3. The van der Waals surface area contributed by atoms with Crippen LogP contribution >= 0.6 is 0 Å². The smallest absolute Gasteiger partial charge is 0.0711 e. The molecule has 0 aliphatic carbocycles. The van der Waals surface area contributed by atoms with E-state index in [1.54, 1.807) is 0 Å². The predicted octanol–water partition coefficient (Wildman–Crippen LogP) is 3.04. The lowest BCUT2D eigenvalue weighted by atomic mass is 9.80. The van der Waals surface area contributed by atoms with Crippen LogP contribution in [-0.2, 0) is 17.2 Å². The Morgan fingerprint density at radius 1 is 1.25 bits per heavy atom. The maximum absolute atomic E-state index is 12.3. The zero-order chi connectivity index (χ0) is 14.3. The number of rotatable bonds is 2. The summed E-state index contributed by atoms with van der Waals surface area (Å²) in [4.78, 5) is 0. The second kappa shape index (κ2) is 5.27. The number of hydrogen-bond acceptors (Lipinski definition) is 2. The lowest BCUT2D eigenvalue weighted by molar-refractivity contribution is 0.0113. The first-order chi connectivity index (χ1) is 9.48. The molecule has 2 unspecified atom stereocenters. The number of hydrogen-bond donors (Lipinski definition) is 1. The van der Waals surface area contributed by atoms with Crippen molar-refractivity contribution in [3.63, 3.8) is 0 Å². The van der Waals surface area contributed by atoms with E-state index in [0.29, 0.717) is 19.3 Å². The van der Waals surface area contributed by atoms with Gasteiger partial charge in [-0.25, -0.2) is 0 Å². The fraction of sp³-hybridized carbons (Fsp3) is 0.647. The Kier molecular flexibility index (Phi) is 3.76. The standard InChI is InChI=1S/C17H24O2S/c1-12-5-3-6-14(13(12)2)9-17(18)10-15-7-4-8-16(11-17)20(15)19/h3,5-6,15-16,18H,4,7-11H2,1-2H3. The number of aliphatic hydroxyl groups is 1. The SMILES string of the molecule is Cc1cccc(CC2(O)CC3CCCC(C2)S3=O)c1C. The summed E-state index contributed by atoms with van der Waals surface area (Å²) in [6, 6.07) is 6.32. The Balaban J connectivity index is 1.83. The van der Waals surface area contributed by atoms with Crippen molar-refractivity contribution in [2.24, 2.45) is 0 Å². The second-order valence-electron chi connectivity index (χ2n) is 6.67. The van der Waals surface area contributed by atoms with Crippen molar-refractivity contribution in [2.45, 2.75) is 68.5 Å². The summed E-state index contributed by atoms with van der Waals surface area (Å²) in [5.74, 6) is 0. The van der Waals surface area contributed by atoms with Crippen LogP contribution in [0.5, 0.6) is 0 Å². The van der Waals surface area contributed by atoms with Crippen LogP contribution in [0.3, 0.4) is 0 Å². The van der Waals surface area contributed by atoms with Crippen LogP contribution in [0.4, 0.5) is 0 Å². The molecule has 20 heavy (non-hydrogen) atoms. The molecule has 2 fully saturated rings. The van der Waals surface area contributed by atoms with E-state index in [-0.39, 0.29) is 10.5 Å². The fourth-order valence-electron chi connectivity index (χ4n) is 3.88. The Morgan fingerprint density at radius 2 is 1.90 bits per heavy atom. The highest BCUT2D eigenvalue weighted by molar-refractivity contribution is 7.86. The molecule has 1 N–H and O–H groups in total. The Bertz CT molecular complexity index is 522. The van der Waals surface area contributed by atoms with Crippen molar-refractivity contribution in [1.82, 2.24) is 0 Å². The van der Waals surface area contributed by atoms with E-state index in [4.69, 9.17) is 0 Å². The van der Waals surface area contributed by atoms with E-state index < -0.39 is 16.4 Å². The van der Waals surface area contributed by atoms with Crippen molar-refractivity contribution in [2.75, 3.05) is 0 Å². The van der Waals surface area contributed by atoms with Crippen molar-refractivity contribution in [3.8, 4) is 0 Å². The molecule has 0 radical (unpaired) electrons. The molecule has 110 valence electrons. The van der Waals surface area contributed by atoms with Crippen LogP contribution in [0.15, 0.2) is 18.2 Å². The largest absolute Gasteiger partial charge is 0.389 e. The van der Waals surface area contributed by atoms with E-state index in [2.05, 4.69) is 32.0 Å². The first-order valence-corrected chi connectivity index (χ1v) is 8.93. The minimum Gasteiger partial charge on any atom is -0.389 e. The topological polar surface area (TPSA) is 37.3 Å². The van der Waals surface area contributed by atoms with Crippen LogP contribution in [0.2, 0.25) is 0 Å². The fourth-order valence-corrected chi connectivity index (χ4v) is 6.17. The molecule has 0 amide bonds. The molecule has 2 aliphatic rings. The van der Waals surface area contributed by atoms with Gasteiger partial charge in [-0.3, -0.25) is 4.21 Å². The lowest BCUT2D eigenvalue weighted by Gasteiger charge is -2.43. The predicted molar refractivity (Wildman–Crippen MR) is 83.4 cm³/mol. The van der Waals surface area contributed by atoms with Crippen molar-refractivity contribution in [1.29, 1.82) is 0 Å².